The molecule has 0 aliphatic heterocycles. The molecular weight excluding hydrogens is 239 g/mol. The predicted molar refractivity (Wildman–Crippen MR) is 41.5 cm³/mol. The monoisotopic (exact) mass is 246 g/mol. The van der Waals surface area contributed by atoms with Crippen molar-refractivity contribution in [1.29, 1.82) is 0 Å². The van der Waals surface area contributed by atoms with Crippen LogP contribution in [0, 0.1) is 13.8 Å². The van der Waals surface area contributed by atoms with E-state index in [4.69, 9.17) is 9.69 Å². The fourth-order valence-electron chi connectivity index (χ4n) is 0.588. The van der Waals surface area contributed by atoms with Gasteiger partial charge in [-0.3, -0.25) is 0 Å². The summed E-state index contributed by atoms with van der Waals surface area (Å²) in [5.74, 6) is 0. The summed E-state index contributed by atoms with van der Waals surface area (Å²) in [6.07, 6.45) is 0. The van der Waals surface area contributed by atoms with Crippen molar-refractivity contribution in [2.45, 2.75) is 6.92 Å². The van der Waals surface area contributed by atoms with Crippen LogP contribution in [0.15, 0.2) is 24.3 Å². The van der Waals surface area contributed by atoms with Crippen molar-refractivity contribution in [3.8, 4) is 0 Å². The van der Waals surface area contributed by atoms with Crippen molar-refractivity contribution < 1.29 is 48.6 Å². The molecule has 12 heavy (non-hydrogen) atoms. The third-order valence-corrected chi connectivity index (χ3v) is 1.12. The van der Waals surface area contributed by atoms with Gasteiger partial charge in [0.1, 0.15) is 0 Å². The summed E-state index contributed by atoms with van der Waals surface area (Å²) in [6.45, 7) is 5.83. The zero-order valence-electron chi connectivity index (χ0n) is 7.48. The minimum absolute atomic E-state index is 0. The Balaban J connectivity index is -0.000000189. The molecule has 0 N–H and O–H groups in total. The second kappa shape index (κ2) is 11.9. The number of hydrogen-bond donors (Lipinski definition) is 0. The van der Waals surface area contributed by atoms with Crippen molar-refractivity contribution in [1.82, 2.24) is 0 Å². The zero-order valence-corrected chi connectivity index (χ0v) is 12.0. The molecule has 0 radical (unpaired) electrons. The predicted octanol–water partition coefficient (Wildman–Crippen LogP) is -3.13. The van der Waals surface area contributed by atoms with E-state index in [0.717, 1.165) is 22.9 Å². The SMILES string of the molecule is [CH2-]c1ccc(C)cc1.[Cl-].[Cl][Zn+].[Li+]. The van der Waals surface area contributed by atoms with Gasteiger partial charge >= 0.3 is 45.9 Å². The summed E-state index contributed by atoms with van der Waals surface area (Å²) in [5, 5.41) is 0. The van der Waals surface area contributed by atoms with Crippen LogP contribution in [0.1, 0.15) is 11.1 Å². The number of aryl methyl sites for hydroxylation is 1. The minimum Gasteiger partial charge on any atom is 1.00 e. The maximum absolute atomic E-state index is 4.76. The molecule has 0 aliphatic rings. The molecule has 1 aromatic rings. The van der Waals surface area contributed by atoms with E-state index in [0.29, 0.717) is 0 Å². The van der Waals surface area contributed by atoms with Crippen molar-refractivity contribution in [2.75, 3.05) is 0 Å². The first kappa shape index (κ1) is 18.6. The van der Waals surface area contributed by atoms with Gasteiger partial charge in [0, 0.05) is 0 Å². The smallest absolute Gasteiger partial charge is 1.00 e. The minimum atomic E-state index is 0. The van der Waals surface area contributed by atoms with Crippen molar-refractivity contribution in [2.24, 2.45) is 0 Å². The van der Waals surface area contributed by atoms with Crippen LogP contribution in [-0.2, 0) is 17.3 Å². The normalized spacial score (nSPS) is 6.67. The van der Waals surface area contributed by atoms with Gasteiger partial charge in [-0.05, 0) is 6.92 Å². The number of hydrogen-bond acceptors (Lipinski definition) is 0. The maximum Gasteiger partial charge on any atom is 1.00 e. The molecule has 0 amide bonds. The molecule has 1 rings (SSSR count). The molecule has 0 bridgehead atoms. The van der Waals surface area contributed by atoms with Gasteiger partial charge in [-0.25, -0.2) is 0 Å². The Morgan fingerprint density at radius 1 is 1.17 bits per heavy atom. The summed E-state index contributed by atoms with van der Waals surface area (Å²) in [6, 6.07) is 8.13. The molecule has 0 saturated heterocycles. The van der Waals surface area contributed by atoms with E-state index in [-0.39, 0.29) is 31.3 Å². The van der Waals surface area contributed by atoms with E-state index in [9.17, 15) is 0 Å². The summed E-state index contributed by atoms with van der Waals surface area (Å²) in [7, 11) is 4.76. The summed E-state index contributed by atoms with van der Waals surface area (Å²) < 4.78 is 0. The van der Waals surface area contributed by atoms with Gasteiger partial charge in [0.2, 0.25) is 0 Å². The fraction of sp³-hybridized carbons (Fsp3) is 0.125. The van der Waals surface area contributed by atoms with Crippen LogP contribution < -0.4 is 31.3 Å². The van der Waals surface area contributed by atoms with Gasteiger partial charge in [0.25, 0.3) is 0 Å². The quantitative estimate of drug-likeness (QED) is 0.336. The van der Waals surface area contributed by atoms with Crippen LogP contribution in [0.25, 0.3) is 0 Å². The Bertz CT molecular complexity index is 156. The first-order chi connectivity index (χ1) is 4.79. The Morgan fingerprint density at radius 2 is 1.50 bits per heavy atom. The van der Waals surface area contributed by atoms with E-state index >= 15 is 0 Å². The van der Waals surface area contributed by atoms with Gasteiger partial charge in [0.05, 0.1) is 0 Å². The van der Waals surface area contributed by atoms with Gasteiger partial charge in [-0.2, -0.15) is 24.6 Å². The van der Waals surface area contributed by atoms with Gasteiger partial charge in [-0.15, -0.1) is 12.1 Å². The van der Waals surface area contributed by atoms with Crippen LogP contribution in [0.5, 0.6) is 0 Å². The van der Waals surface area contributed by atoms with Crippen molar-refractivity contribution in [3.05, 3.63) is 42.3 Å². The third kappa shape index (κ3) is 8.98. The standard InChI is InChI=1S/C8H9.2ClH.Li.Zn/c1-7-3-5-8(2)6-4-7;;;;/h3-6H,1H2,2H3;2*1H;;/q-1;;;+1;+2/p-2. The van der Waals surface area contributed by atoms with E-state index in [1.807, 2.05) is 12.1 Å². The molecule has 1 aromatic carbocycles. The molecular formula is C8H9Cl2LiZn. The summed E-state index contributed by atoms with van der Waals surface area (Å²) >= 11 is 0.847. The molecule has 0 unspecified atom stereocenters. The Morgan fingerprint density at radius 3 is 1.75 bits per heavy atom. The fourth-order valence-corrected chi connectivity index (χ4v) is 0.588. The van der Waals surface area contributed by atoms with Gasteiger partial charge in [0.15, 0.2) is 0 Å². The first-order valence-corrected chi connectivity index (χ1v) is 6.84. The maximum atomic E-state index is 4.76. The molecule has 0 nitrogen and oxygen atoms in total. The van der Waals surface area contributed by atoms with Crippen LogP contribution >= 0.6 is 9.69 Å². The molecule has 0 atom stereocenters. The number of benzene rings is 1. The van der Waals surface area contributed by atoms with Gasteiger partial charge in [-0.1, -0.05) is 5.56 Å². The van der Waals surface area contributed by atoms with Gasteiger partial charge < -0.3 is 12.4 Å². The Labute approximate surface area is 107 Å². The second-order valence-corrected chi connectivity index (χ2v) is 1.99. The van der Waals surface area contributed by atoms with Crippen molar-refractivity contribution in [3.63, 3.8) is 0 Å². The number of halogens is 2. The first-order valence-electron chi connectivity index (χ1n) is 2.94. The van der Waals surface area contributed by atoms with Crippen LogP contribution in [0.3, 0.4) is 0 Å². The molecule has 0 spiro atoms. The molecule has 0 saturated carbocycles. The van der Waals surface area contributed by atoms with Crippen molar-refractivity contribution >= 4 is 9.69 Å². The molecule has 4 heteroatoms. The molecule has 0 fully saturated rings. The average molecular weight is 248 g/mol. The van der Waals surface area contributed by atoms with Crippen LogP contribution in [0.4, 0.5) is 0 Å². The topological polar surface area (TPSA) is 0 Å². The molecule has 0 aromatic heterocycles. The summed E-state index contributed by atoms with van der Waals surface area (Å²) in [4.78, 5) is 0. The van der Waals surface area contributed by atoms with E-state index in [1.165, 1.54) is 5.56 Å². The molecule has 0 heterocycles. The third-order valence-electron chi connectivity index (χ3n) is 1.12. The molecule has 58 valence electrons. The Hall–Kier alpha value is 0.891. The summed E-state index contributed by atoms with van der Waals surface area (Å²) in [5.41, 5.74) is 2.37. The van der Waals surface area contributed by atoms with E-state index < -0.39 is 0 Å². The van der Waals surface area contributed by atoms with E-state index in [2.05, 4.69) is 26.0 Å². The zero-order chi connectivity index (χ0) is 7.98. The molecule has 0 aliphatic carbocycles. The second-order valence-electron chi connectivity index (χ2n) is 1.99. The average Bonchev–Trinajstić information content (AvgIpc) is 2.00. The Kier molecular flexibility index (Phi) is 18.5. The van der Waals surface area contributed by atoms with Crippen LogP contribution in [0.2, 0.25) is 0 Å². The van der Waals surface area contributed by atoms with Crippen LogP contribution in [-0.4, -0.2) is 0 Å². The van der Waals surface area contributed by atoms with E-state index in [1.54, 1.807) is 0 Å². The number of rotatable bonds is 0. The largest absolute Gasteiger partial charge is 1.00 e.